The molecule has 1 aromatic carbocycles. The van der Waals surface area contributed by atoms with Gasteiger partial charge in [0.05, 0.1) is 10.6 Å². The average molecular weight is 261 g/mol. The van der Waals surface area contributed by atoms with Crippen LogP contribution in [0.25, 0.3) is 0 Å². The van der Waals surface area contributed by atoms with Crippen LogP contribution in [0, 0.1) is 11.8 Å². The van der Waals surface area contributed by atoms with Crippen molar-refractivity contribution in [3.63, 3.8) is 0 Å². The molecule has 0 bridgehead atoms. The number of thioether (sulfide) groups is 1. The molecule has 18 heavy (non-hydrogen) atoms. The number of carbonyl (C=O) groups is 1. The Bertz CT molecular complexity index is 443. The summed E-state index contributed by atoms with van der Waals surface area (Å²) < 4.78 is 5.13. The molecule has 0 N–H and O–H groups in total. The Hall–Kier alpha value is -1.40. The Labute approximate surface area is 113 Å². The van der Waals surface area contributed by atoms with Crippen LogP contribution in [0.15, 0.2) is 29.2 Å². The minimum absolute atomic E-state index is 0.294. The molecule has 0 atom stereocenters. The normalized spacial score (nSPS) is 9.44. The van der Waals surface area contributed by atoms with E-state index in [0.29, 0.717) is 5.75 Å². The third-order valence-corrected chi connectivity index (χ3v) is 3.12. The standard InChI is InChI=1S/C15H18O2S/c1-3-4-5-6-9-12-18-15-11-8-7-10-14(15)17-13(2)16/h7-8,10-11H,3-5,12H2,1-2H3/i13-1. The summed E-state index contributed by atoms with van der Waals surface area (Å²) in [6, 6.07) is 7.53. The lowest BCUT2D eigenvalue weighted by Crippen LogP contribution is -2.02. The van der Waals surface area contributed by atoms with Gasteiger partial charge < -0.3 is 4.74 Å². The molecule has 0 amide bonds. The number of carbonyl (C=O) groups excluding carboxylic acids is 1. The van der Waals surface area contributed by atoms with Crippen LogP contribution in [0.4, 0.5) is 0 Å². The van der Waals surface area contributed by atoms with Gasteiger partial charge in [-0.3, -0.25) is 4.79 Å². The molecule has 1 aromatic rings. The number of ether oxygens (including phenoxy) is 1. The van der Waals surface area contributed by atoms with Gasteiger partial charge >= 0.3 is 5.97 Å². The Morgan fingerprint density at radius 3 is 2.83 bits per heavy atom. The highest BCUT2D eigenvalue weighted by atomic mass is 32.2. The summed E-state index contributed by atoms with van der Waals surface area (Å²) >= 11 is 1.60. The van der Waals surface area contributed by atoms with Gasteiger partial charge in [0.1, 0.15) is 5.75 Å². The van der Waals surface area contributed by atoms with Gasteiger partial charge in [-0.05, 0) is 18.6 Å². The first kappa shape index (κ1) is 14.7. The maximum atomic E-state index is 11.0. The molecule has 1 rings (SSSR count). The van der Waals surface area contributed by atoms with E-state index in [1.54, 1.807) is 17.8 Å². The van der Waals surface area contributed by atoms with Crippen molar-refractivity contribution in [2.75, 3.05) is 5.75 Å². The van der Waals surface area contributed by atoms with Crippen LogP contribution in [-0.2, 0) is 4.79 Å². The summed E-state index contributed by atoms with van der Waals surface area (Å²) in [4.78, 5) is 11.9. The molecule has 0 saturated carbocycles. The molecule has 0 unspecified atom stereocenters. The van der Waals surface area contributed by atoms with Crippen molar-refractivity contribution in [3.8, 4) is 17.6 Å². The Balaban J connectivity index is 2.50. The minimum Gasteiger partial charge on any atom is -0.426 e. The fourth-order valence-corrected chi connectivity index (χ4v) is 2.08. The smallest absolute Gasteiger partial charge is 0.308 e. The number of benzene rings is 1. The molecular weight excluding hydrogens is 243 g/mol. The highest BCUT2D eigenvalue weighted by molar-refractivity contribution is 7.99. The minimum atomic E-state index is -0.294. The number of esters is 1. The predicted octanol–water partition coefficient (Wildman–Crippen LogP) is 3.90. The molecule has 0 heterocycles. The number of unbranched alkanes of at least 4 members (excludes halogenated alkanes) is 2. The maximum absolute atomic E-state index is 11.0. The quantitative estimate of drug-likeness (QED) is 0.264. The van der Waals surface area contributed by atoms with E-state index in [9.17, 15) is 4.79 Å². The van der Waals surface area contributed by atoms with E-state index in [1.165, 1.54) is 13.3 Å². The van der Waals surface area contributed by atoms with Gasteiger partial charge in [-0.25, -0.2) is 0 Å². The van der Waals surface area contributed by atoms with Gasteiger partial charge in [-0.2, -0.15) is 0 Å². The lowest BCUT2D eigenvalue weighted by Gasteiger charge is -2.06. The molecular formula is C15H18O2S. The van der Waals surface area contributed by atoms with Crippen molar-refractivity contribution in [1.29, 1.82) is 0 Å². The van der Waals surface area contributed by atoms with Crippen LogP contribution < -0.4 is 4.74 Å². The zero-order valence-corrected chi connectivity index (χ0v) is 11.7. The number of hydrogen-bond donors (Lipinski definition) is 0. The van der Waals surface area contributed by atoms with Crippen LogP contribution in [0.2, 0.25) is 0 Å². The van der Waals surface area contributed by atoms with E-state index < -0.39 is 0 Å². The molecule has 96 valence electrons. The van der Waals surface area contributed by atoms with Gasteiger partial charge in [0.2, 0.25) is 0 Å². The fourth-order valence-electron chi connectivity index (χ4n) is 1.33. The van der Waals surface area contributed by atoms with Crippen LogP contribution in [-0.4, -0.2) is 11.7 Å². The van der Waals surface area contributed by atoms with Gasteiger partial charge in [-0.1, -0.05) is 31.4 Å². The molecule has 0 aliphatic carbocycles. The first-order valence-corrected chi connectivity index (χ1v) is 7.08. The fraction of sp³-hybridized carbons (Fsp3) is 0.400. The zero-order chi connectivity index (χ0) is 13.2. The third kappa shape index (κ3) is 5.79. The van der Waals surface area contributed by atoms with Crippen LogP contribution >= 0.6 is 11.8 Å². The average Bonchev–Trinajstić information content (AvgIpc) is 2.35. The maximum Gasteiger partial charge on any atom is 0.308 e. The topological polar surface area (TPSA) is 26.3 Å². The second kappa shape index (κ2) is 8.66. The number of para-hydroxylation sites is 1. The van der Waals surface area contributed by atoms with Gasteiger partial charge in [0.25, 0.3) is 0 Å². The van der Waals surface area contributed by atoms with Crippen LogP contribution in [0.1, 0.15) is 33.1 Å². The van der Waals surface area contributed by atoms with Crippen LogP contribution in [0.5, 0.6) is 5.75 Å². The molecule has 0 aliphatic rings. The first-order chi connectivity index (χ1) is 8.74. The molecule has 0 aromatic heterocycles. The SMILES string of the molecule is CCCCC#CCSc1ccccc1O[11C](C)=O. The molecule has 0 aliphatic heterocycles. The van der Waals surface area contributed by atoms with E-state index in [-0.39, 0.29) is 5.97 Å². The third-order valence-electron chi connectivity index (χ3n) is 2.18. The first-order valence-electron chi connectivity index (χ1n) is 6.10. The highest BCUT2D eigenvalue weighted by Crippen LogP contribution is 2.28. The molecule has 0 saturated heterocycles. The molecule has 2 nitrogen and oxygen atoms in total. The number of rotatable bonds is 5. The van der Waals surface area contributed by atoms with Gasteiger partial charge in [0.15, 0.2) is 0 Å². The molecule has 0 spiro atoms. The molecule has 0 radical (unpaired) electrons. The van der Waals surface area contributed by atoms with Crippen LogP contribution in [0.3, 0.4) is 0 Å². The Morgan fingerprint density at radius 2 is 2.11 bits per heavy atom. The summed E-state index contributed by atoms with van der Waals surface area (Å²) in [6.45, 7) is 3.57. The lowest BCUT2D eigenvalue weighted by molar-refractivity contribution is -0.132. The van der Waals surface area contributed by atoms with Crippen molar-refractivity contribution in [3.05, 3.63) is 24.3 Å². The summed E-state index contributed by atoms with van der Waals surface area (Å²) in [7, 11) is 0. The van der Waals surface area contributed by atoms with Crippen molar-refractivity contribution in [2.24, 2.45) is 0 Å². The van der Waals surface area contributed by atoms with Crippen molar-refractivity contribution in [1.82, 2.24) is 0 Å². The summed E-state index contributed by atoms with van der Waals surface area (Å²) in [5.74, 6) is 7.31. The van der Waals surface area contributed by atoms with E-state index >= 15 is 0 Å². The van der Waals surface area contributed by atoms with Crippen molar-refractivity contribution >= 4 is 17.7 Å². The van der Waals surface area contributed by atoms with E-state index in [0.717, 1.165) is 23.5 Å². The van der Waals surface area contributed by atoms with Crippen molar-refractivity contribution in [2.45, 2.75) is 38.0 Å². The highest BCUT2D eigenvalue weighted by Gasteiger charge is 2.04. The number of hydrogen-bond acceptors (Lipinski definition) is 3. The lowest BCUT2D eigenvalue weighted by atomic mass is 10.2. The van der Waals surface area contributed by atoms with E-state index in [2.05, 4.69) is 18.8 Å². The summed E-state index contributed by atoms with van der Waals surface area (Å²) in [5.41, 5.74) is 0. The second-order valence-electron chi connectivity index (χ2n) is 3.79. The Kier molecular flexibility index (Phi) is 7.05. The largest absolute Gasteiger partial charge is 0.426 e. The van der Waals surface area contributed by atoms with Gasteiger partial charge in [0, 0.05) is 13.3 Å². The molecule has 3 heteroatoms. The summed E-state index contributed by atoms with van der Waals surface area (Å²) in [6.07, 6.45) is 3.29. The Morgan fingerprint density at radius 1 is 1.33 bits per heavy atom. The molecule has 0 fully saturated rings. The van der Waals surface area contributed by atoms with Crippen molar-refractivity contribution < 1.29 is 9.53 Å². The summed E-state index contributed by atoms with van der Waals surface area (Å²) in [5, 5.41) is 0. The van der Waals surface area contributed by atoms with Gasteiger partial charge in [-0.15, -0.1) is 17.7 Å². The monoisotopic (exact) mass is 261 g/mol. The zero-order valence-electron chi connectivity index (χ0n) is 10.9. The second-order valence-corrected chi connectivity index (χ2v) is 4.80. The van der Waals surface area contributed by atoms with E-state index in [4.69, 9.17) is 4.74 Å². The van der Waals surface area contributed by atoms with E-state index in [1.807, 2.05) is 18.2 Å². The predicted molar refractivity (Wildman–Crippen MR) is 75.8 cm³/mol.